The number of methoxy groups -OCH3 is 1. The van der Waals surface area contributed by atoms with Crippen LogP contribution in [0.4, 0.5) is 5.69 Å². The predicted molar refractivity (Wildman–Crippen MR) is 108 cm³/mol. The maximum absolute atomic E-state index is 12.8. The number of rotatable bonds is 9. The Balaban J connectivity index is 1.95. The van der Waals surface area contributed by atoms with Crippen molar-refractivity contribution in [3.05, 3.63) is 54.1 Å². The molecular weight excluding hydrogens is 372 g/mol. The van der Waals surface area contributed by atoms with Gasteiger partial charge in [-0.1, -0.05) is 24.3 Å². The Morgan fingerprint density at radius 2 is 1.93 bits per heavy atom. The molecule has 0 aromatic heterocycles. The van der Waals surface area contributed by atoms with E-state index < -0.39 is 12.1 Å². The topological polar surface area (TPSA) is 99.9 Å². The van der Waals surface area contributed by atoms with Crippen molar-refractivity contribution < 1.29 is 24.2 Å². The smallest absolute Gasteiger partial charge is 0.306 e. The Morgan fingerprint density at radius 1 is 1.21 bits per heavy atom. The van der Waals surface area contributed by atoms with Gasteiger partial charge in [-0.3, -0.25) is 9.59 Å². The summed E-state index contributed by atoms with van der Waals surface area (Å²) < 4.78 is 10.3. The fourth-order valence-electron chi connectivity index (χ4n) is 2.80. The Kier molecular flexibility index (Phi) is 8.04. The number of amides is 1. The number of carbonyl (C=O) groups excluding carboxylic acids is 2. The molecule has 152 valence electrons. The summed E-state index contributed by atoms with van der Waals surface area (Å²) in [5.74, 6) is -0.553. The average Bonchev–Trinajstić information content (AvgIpc) is 2.73. The lowest BCUT2D eigenvalue weighted by Crippen LogP contribution is -2.40. The van der Waals surface area contributed by atoms with Gasteiger partial charge in [-0.15, -0.1) is 0 Å². The predicted octanol–water partition coefficient (Wildman–Crippen LogP) is 3.21. The normalized spacial score (nSPS) is 11.2. The van der Waals surface area contributed by atoms with E-state index in [9.17, 15) is 14.7 Å². The molecule has 0 aliphatic carbocycles. The van der Waals surface area contributed by atoms with Crippen LogP contribution in [0.15, 0.2) is 48.5 Å². The second kappa shape index (κ2) is 10.7. The minimum absolute atomic E-state index is 0.00194. The minimum atomic E-state index is -0.981. The Labute approximate surface area is 170 Å². The van der Waals surface area contributed by atoms with Crippen LogP contribution in [0.5, 0.6) is 11.5 Å². The van der Waals surface area contributed by atoms with E-state index in [0.717, 1.165) is 5.56 Å². The molecule has 1 unspecified atom stereocenters. The second-order valence-electron chi connectivity index (χ2n) is 6.37. The van der Waals surface area contributed by atoms with Crippen molar-refractivity contribution in [3.63, 3.8) is 0 Å². The number of aromatic hydroxyl groups is 1. The van der Waals surface area contributed by atoms with Gasteiger partial charge < -0.3 is 19.5 Å². The summed E-state index contributed by atoms with van der Waals surface area (Å²) in [6.45, 7) is 1.73. The quantitative estimate of drug-likeness (QED) is 0.653. The fourth-order valence-corrected chi connectivity index (χ4v) is 2.80. The molecule has 1 amide bonds. The number of hydrogen-bond donors (Lipinski definition) is 1. The molecule has 2 aromatic rings. The summed E-state index contributed by atoms with van der Waals surface area (Å²) in [7, 11) is 1.46. The third-order valence-corrected chi connectivity index (χ3v) is 4.30. The molecule has 0 spiro atoms. The summed E-state index contributed by atoms with van der Waals surface area (Å²) in [5.41, 5.74) is 1.39. The Bertz CT molecular complexity index is 877. The molecule has 2 rings (SSSR count). The van der Waals surface area contributed by atoms with Gasteiger partial charge in [0, 0.05) is 18.7 Å². The van der Waals surface area contributed by atoms with Gasteiger partial charge in [0.2, 0.25) is 0 Å². The lowest BCUT2D eigenvalue weighted by atomic mass is 10.1. The summed E-state index contributed by atoms with van der Waals surface area (Å²) >= 11 is 0. The third kappa shape index (κ3) is 6.25. The van der Waals surface area contributed by atoms with E-state index in [1.54, 1.807) is 36.4 Å². The van der Waals surface area contributed by atoms with Gasteiger partial charge in [-0.25, -0.2) is 0 Å². The highest BCUT2D eigenvalue weighted by Gasteiger charge is 2.24. The first kappa shape index (κ1) is 21.8. The number of phenols is 1. The number of benzene rings is 2. The van der Waals surface area contributed by atoms with Gasteiger partial charge in [0.1, 0.15) is 0 Å². The number of aryl methyl sites for hydroxylation is 1. The van der Waals surface area contributed by atoms with E-state index in [1.165, 1.54) is 25.0 Å². The van der Waals surface area contributed by atoms with Crippen molar-refractivity contribution in [2.45, 2.75) is 32.3 Å². The molecule has 0 fully saturated rings. The van der Waals surface area contributed by atoms with E-state index in [2.05, 4.69) is 0 Å². The van der Waals surface area contributed by atoms with Crippen molar-refractivity contribution in [2.24, 2.45) is 0 Å². The van der Waals surface area contributed by atoms with Crippen molar-refractivity contribution in [2.75, 3.05) is 18.6 Å². The van der Waals surface area contributed by atoms with Crippen LogP contribution in [0.1, 0.15) is 25.3 Å². The molecule has 0 heterocycles. The van der Waals surface area contributed by atoms with E-state index in [1.807, 2.05) is 12.1 Å². The maximum atomic E-state index is 12.8. The van der Waals surface area contributed by atoms with Crippen LogP contribution in [0.25, 0.3) is 0 Å². The molecule has 0 aliphatic heterocycles. The van der Waals surface area contributed by atoms with Crippen LogP contribution in [-0.4, -0.2) is 36.7 Å². The van der Waals surface area contributed by atoms with Gasteiger partial charge >= 0.3 is 5.97 Å². The van der Waals surface area contributed by atoms with Crippen LogP contribution in [0, 0.1) is 11.3 Å². The molecule has 0 aliphatic rings. The van der Waals surface area contributed by atoms with Crippen LogP contribution < -0.4 is 9.64 Å². The third-order valence-electron chi connectivity index (χ3n) is 4.30. The lowest BCUT2D eigenvalue weighted by molar-refractivity contribution is -0.153. The van der Waals surface area contributed by atoms with Gasteiger partial charge in [-0.2, -0.15) is 5.26 Å². The largest absolute Gasteiger partial charge is 0.504 e. The standard InChI is InChI=1S/C22H24N2O5/c1-16(22(27)24(14-6-13-23)18-7-4-3-5-8-18)29-21(26)12-10-17-9-11-20(28-2)19(25)15-17/h3-5,7-9,11,15-16,25H,6,10,12,14H2,1-2H3. The van der Waals surface area contributed by atoms with Crippen molar-refractivity contribution in [3.8, 4) is 17.6 Å². The second-order valence-corrected chi connectivity index (χ2v) is 6.37. The summed E-state index contributed by atoms with van der Waals surface area (Å²) in [4.78, 5) is 26.4. The van der Waals surface area contributed by atoms with Crippen molar-refractivity contribution in [1.29, 1.82) is 5.26 Å². The van der Waals surface area contributed by atoms with Crippen LogP contribution in [-0.2, 0) is 20.7 Å². The molecule has 0 bridgehead atoms. The molecule has 0 saturated carbocycles. The number of para-hydroxylation sites is 1. The molecule has 1 atom stereocenters. The number of ether oxygens (including phenoxy) is 2. The first-order valence-electron chi connectivity index (χ1n) is 9.25. The molecule has 2 aromatic carbocycles. The van der Waals surface area contributed by atoms with E-state index in [-0.39, 0.29) is 31.0 Å². The van der Waals surface area contributed by atoms with E-state index >= 15 is 0 Å². The highest BCUT2D eigenvalue weighted by atomic mass is 16.5. The number of phenolic OH excluding ortho intramolecular Hbond substituents is 1. The summed E-state index contributed by atoms with van der Waals surface area (Å²) in [6.07, 6.45) is -0.394. The maximum Gasteiger partial charge on any atom is 0.306 e. The monoisotopic (exact) mass is 396 g/mol. The van der Waals surface area contributed by atoms with Crippen LogP contribution in [0.3, 0.4) is 0 Å². The molecule has 7 heteroatoms. The molecule has 29 heavy (non-hydrogen) atoms. The first-order valence-corrected chi connectivity index (χ1v) is 9.25. The van der Waals surface area contributed by atoms with Gasteiger partial charge in [0.15, 0.2) is 17.6 Å². The highest BCUT2D eigenvalue weighted by Crippen LogP contribution is 2.26. The van der Waals surface area contributed by atoms with Gasteiger partial charge in [-0.05, 0) is 43.2 Å². The molecule has 0 saturated heterocycles. The van der Waals surface area contributed by atoms with E-state index in [4.69, 9.17) is 14.7 Å². The SMILES string of the molecule is COc1ccc(CCC(=O)OC(C)C(=O)N(CCC#N)c2ccccc2)cc1O. The summed E-state index contributed by atoms with van der Waals surface area (Å²) in [6, 6.07) is 15.9. The van der Waals surface area contributed by atoms with E-state index in [0.29, 0.717) is 17.9 Å². The zero-order valence-electron chi connectivity index (χ0n) is 16.5. The number of nitrogens with zero attached hydrogens (tertiary/aromatic N) is 2. The Hall–Kier alpha value is -3.53. The summed E-state index contributed by atoms with van der Waals surface area (Å²) in [5, 5.41) is 18.7. The molecule has 1 N–H and O–H groups in total. The zero-order chi connectivity index (χ0) is 21.2. The number of esters is 1. The molecule has 7 nitrogen and oxygen atoms in total. The lowest BCUT2D eigenvalue weighted by Gasteiger charge is -2.25. The zero-order valence-corrected chi connectivity index (χ0v) is 16.5. The highest BCUT2D eigenvalue weighted by molar-refractivity contribution is 5.97. The van der Waals surface area contributed by atoms with Gasteiger partial charge in [0.05, 0.1) is 19.6 Å². The van der Waals surface area contributed by atoms with Crippen LogP contribution >= 0.6 is 0 Å². The minimum Gasteiger partial charge on any atom is -0.504 e. The number of carbonyl (C=O) groups is 2. The number of anilines is 1. The van der Waals surface area contributed by atoms with Crippen LogP contribution in [0.2, 0.25) is 0 Å². The van der Waals surface area contributed by atoms with Crippen molar-refractivity contribution >= 4 is 17.6 Å². The number of nitriles is 1. The number of hydrogen-bond acceptors (Lipinski definition) is 6. The Morgan fingerprint density at radius 3 is 2.55 bits per heavy atom. The average molecular weight is 396 g/mol. The van der Waals surface area contributed by atoms with Crippen molar-refractivity contribution in [1.82, 2.24) is 0 Å². The first-order chi connectivity index (χ1) is 14.0. The molecule has 0 radical (unpaired) electrons. The fraction of sp³-hybridized carbons (Fsp3) is 0.318. The van der Waals surface area contributed by atoms with Gasteiger partial charge in [0.25, 0.3) is 5.91 Å². The molecular formula is C22H24N2O5.